The first-order chi connectivity index (χ1) is 16.0. The molecule has 0 fully saturated rings. The Morgan fingerprint density at radius 2 is 1.91 bits per heavy atom. The lowest BCUT2D eigenvalue weighted by molar-refractivity contribution is -0.140. The van der Waals surface area contributed by atoms with Gasteiger partial charge in [0.1, 0.15) is 11.3 Å². The Kier molecular flexibility index (Phi) is 6.58. The van der Waals surface area contributed by atoms with E-state index in [0.717, 1.165) is 16.5 Å². The maximum atomic E-state index is 12.9. The first-order valence-electron chi connectivity index (χ1n) is 10.9. The third kappa shape index (κ3) is 4.98. The number of rotatable bonds is 6. The topological polar surface area (TPSA) is 86.0 Å². The van der Waals surface area contributed by atoms with E-state index >= 15 is 0 Å². The second kappa shape index (κ2) is 9.73. The highest BCUT2D eigenvalue weighted by Crippen LogP contribution is 2.30. The van der Waals surface area contributed by atoms with Gasteiger partial charge in [0, 0.05) is 24.1 Å². The van der Waals surface area contributed by atoms with Crippen molar-refractivity contribution in [2.24, 2.45) is 0 Å². The molecule has 1 atom stereocenters. The standard InChI is InChI=1S/C26H25NO6/c1-3-31-26(30)19-10-7-13-27(16-19)25(29)17(2)32-20-11-12-21-22(18-8-5-4-6-9-18)15-24(28)33-23(21)14-20/h4-6,8-12,14-15,17H,3,7,13,16H2,1-2H3/t17-/m1/s1. The van der Waals surface area contributed by atoms with Crippen molar-refractivity contribution < 1.29 is 23.5 Å². The molecule has 33 heavy (non-hydrogen) atoms. The summed E-state index contributed by atoms with van der Waals surface area (Å²) in [6.45, 7) is 4.38. The molecule has 1 amide bonds. The third-order valence-corrected chi connectivity index (χ3v) is 5.46. The minimum atomic E-state index is -0.784. The predicted molar refractivity (Wildman–Crippen MR) is 124 cm³/mol. The van der Waals surface area contributed by atoms with Gasteiger partial charge in [-0.05, 0) is 43.5 Å². The lowest BCUT2D eigenvalue weighted by Gasteiger charge is -2.29. The fourth-order valence-corrected chi connectivity index (χ4v) is 3.89. The van der Waals surface area contributed by atoms with E-state index in [1.54, 1.807) is 30.9 Å². The summed E-state index contributed by atoms with van der Waals surface area (Å²) in [7, 11) is 0. The summed E-state index contributed by atoms with van der Waals surface area (Å²) in [6.07, 6.45) is 1.60. The van der Waals surface area contributed by atoms with Gasteiger partial charge in [-0.1, -0.05) is 36.4 Å². The van der Waals surface area contributed by atoms with Crippen LogP contribution < -0.4 is 10.4 Å². The van der Waals surface area contributed by atoms with Gasteiger partial charge >= 0.3 is 11.6 Å². The predicted octanol–water partition coefficient (Wildman–Crippen LogP) is 3.95. The Morgan fingerprint density at radius 1 is 1.12 bits per heavy atom. The lowest BCUT2D eigenvalue weighted by atomic mass is 10.0. The fraction of sp³-hybridized carbons (Fsp3) is 0.269. The summed E-state index contributed by atoms with van der Waals surface area (Å²) < 4.78 is 16.3. The van der Waals surface area contributed by atoms with Gasteiger partial charge in [0.05, 0.1) is 18.7 Å². The minimum Gasteiger partial charge on any atom is -0.481 e. The van der Waals surface area contributed by atoms with E-state index < -0.39 is 17.7 Å². The maximum absolute atomic E-state index is 12.9. The van der Waals surface area contributed by atoms with E-state index in [0.29, 0.717) is 29.9 Å². The first-order valence-corrected chi connectivity index (χ1v) is 10.9. The van der Waals surface area contributed by atoms with E-state index in [2.05, 4.69) is 0 Å². The molecule has 1 aliphatic rings. The van der Waals surface area contributed by atoms with Crippen LogP contribution in [0.25, 0.3) is 22.1 Å². The Morgan fingerprint density at radius 3 is 2.67 bits per heavy atom. The SMILES string of the molecule is CCOC(=O)C1=CCCN(C(=O)[C@@H](C)Oc2ccc3c(-c4ccccc4)cc(=O)oc3c2)C1. The van der Waals surface area contributed by atoms with E-state index in [1.807, 2.05) is 42.5 Å². The van der Waals surface area contributed by atoms with Crippen LogP contribution in [-0.4, -0.2) is 42.6 Å². The molecule has 0 saturated carbocycles. The summed E-state index contributed by atoms with van der Waals surface area (Å²) >= 11 is 0. The van der Waals surface area contributed by atoms with Crippen LogP contribution in [-0.2, 0) is 14.3 Å². The van der Waals surface area contributed by atoms with Gasteiger partial charge in [-0.25, -0.2) is 9.59 Å². The third-order valence-electron chi connectivity index (χ3n) is 5.46. The summed E-state index contributed by atoms with van der Waals surface area (Å²) in [4.78, 5) is 38.7. The van der Waals surface area contributed by atoms with Crippen molar-refractivity contribution in [2.75, 3.05) is 19.7 Å². The van der Waals surface area contributed by atoms with Crippen LogP contribution in [0.2, 0.25) is 0 Å². The molecule has 2 aromatic carbocycles. The van der Waals surface area contributed by atoms with Crippen LogP contribution in [0.3, 0.4) is 0 Å². The molecule has 0 saturated heterocycles. The molecule has 1 aromatic heterocycles. The molecule has 4 rings (SSSR count). The van der Waals surface area contributed by atoms with Gasteiger partial charge in [0.25, 0.3) is 5.91 Å². The van der Waals surface area contributed by atoms with Crippen molar-refractivity contribution in [1.82, 2.24) is 4.90 Å². The number of amides is 1. The number of hydrogen-bond acceptors (Lipinski definition) is 6. The van der Waals surface area contributed by atoms with Crippen molar-refractivity contribution in [2.45, 2.75) is 26.4 Å². The molecule has 170 valence electrons. The molecular weight excluding hydrogens is 422 g/mol. The molecule has 0 bridgehead atoms. The largest absolute Gasteiger partial charge is 0.481 e. The number of ether oxygens (including phenoxy) is 2. The number of fused-ring (bicyclic) bond motifs is 1. The molecule has 0 radical (unpaired) electrons. The summed E-state index contributed by atoms with van der Waals surface area (Å²) in [5.74, 6) is -0.221. The van der Waals surface area contributed by atoms with Crippen LogP contribution in [0.1, 0.15) is 20.3 Å². The van der Waals surface area contributed by atoms with Gasteiger partial charge in [0.2, 0.25) is 0 Å². The summed E-state index contributed by atoms with van der Waals surface area (Å²) in [6, 6.07) is 16.2. The van der Waals surface area contributed by atoms with E-state index in [1.165, 1.54) is 6.07 Å². The van der Waals surface area contributed by atoms with Crippen molar-refractivity contribution in [1.29, 1.82) is 0 Å². The zero-order valence-corrected chi connectivity index (χ0v) is 18.6. The Balaban J connectivity index is 1.52. The molecule has 7 nitrogen and oxygen atoms in total. The number of benzene rings is 2. The van der Waals surface area contributed by atoms with Gasteiger partial charge in [-0.15, -0.1) is 0 Å². The number of esters is 1. The van der Waals surface area contributed by atoms with Crippen LogP contribution in [0.5, 0.6) is 5.75 Å². The van der Waals surface area contributed by atoms with Crippen LogP contribution >= 0.6 is 0 Å². The quantitative estimate of drug-likeness (QED) is 0.420. The zero-order chi connectivity index (χ0) is 23.4. The molecule has 0 unspecified atom stereocenters. The lowest BCUT2D eigenvalue weighted by Crippen LogP contribution is -2.44. The Labute approximate surface area is 191 Å². The smallest absolute Gasteiger partial charge is 0.336 e. The van der Waals surface area contributed by atoms with Crippen molar-refractivity contribution >= 4 is 22.8 Å². The average molecular weight is 447 g/mol. The highest BCUT2D eigenvalue weighted by Gasteiger charge is 2.27. The molecule has 1 aliphatic heterocycles. The van der Waals surface area contributed by atoms with Crippen LogP contribution in [0.15, 0.2) is 75.5 Å². The van der Waals surface area contributed by atoms with Crippen LogP contribution in [0, 0.1) is 0 Å². The normalized spacial score (nSPS) is 14.5. The van der Waals surface area contributed by atoms with Gasteiger partial charge in [-0.3, -0.25) is 4.79 Å². The Bertz CT molecular complexity index is 1260. The van der Waals surface area contributed by atoms with E-state index in [9.17, 15) is 14.4 Å². The van der Waals surface area contributed by atoms with Gasteiger partial charge in [-0.2, -0.15) is 0 Å². The van der Waals surface area contributed by atoms with Crippen molar-refractivity contribution in [3.05, 3.63) is 76.7 Å². The zero-order valence-electron chi connectivity index (χ0n) is 18.6. The first kappa shape index (κ1) is 22.3. The van der Waals surface area contributed by atoms with E-state index in [-0.39, 0.29) is 19.1 Å². The molecular formula is C26H25NO6. The number of nitrogens with zero attached hydrogens (tertiary/aromatic N) is 1. The van der Waals surface area contributed by atoms with Crippen molar-refractivity contribution in [3.8, 4) is 16.9 Å². The second-order valence-electron chi connectivity index (χ2n) is 7.76. The van der Waals surface area contributed by atoms with Gasteiger partial charge < -0.3 is 18.8 Å². The molecule has 0 aliphatic carbocycles. The van der Waals surface area contributed by atoms with Crippen molar-refractivity contribution in [3.63, 3.8) is 0 Å². The molecule has 0 spiro atoms. The van der Waals surface area contributed by atoms with Gasteiger partial charge in [0.15, 0.2) is 6.10 Å². The molecule has 7 heteroatoms. The second-order valence-corrected chi connectivity index (χ2v) is 7.76. The van der Waals surface area contributed by atoms with E-state index in [4.69, 9.17) is 13.9 Å². The number of carbonyl (C=O) groups excluding carboxylic acids is 2. The van der Waals surface area contributed by atoms with Crippen LogP contribution in [0.4, 0.5) is 0 Å². The summed E-state index contributed by atoms with van der Waals surface area (Å²) in [5, 5.41) is 0.771. The molecule has 3 aromatic rings. The Hall–Kier alpha value is -3.87. The minimum absolute atomic E-state index is 0.193. The molecule has 0 N–H and O–H groups in total. The molecule has 2 heterocycles. The monoisotopic (exact) mass is 447 g/mol. The number of carbonyl (C=O) groups is 2. The highest BCUT2D eigenvalue weighted by molar-refractivity contribution is 5.94. The highest BCUT2D eigenvalue weighted by atomic mass is 16.5. The maximum Gasteiger partial charge on any atom is 0.336 e. The fourth-order valence-electron chi connectivity index (χ4n) is 3.89. The average Bonchev–Trinajstić information content (AvgIpc) is 2.83. The summed E-state index contributed by atoms with van der Waals surface area (Å²) in [5.41, 5.74) is 2.06. The number of hydrogen-bond donors (Lipinski definition) is 0.